The summed E-state index contributed by atoms with van der Waals surface area (Å²) in [4.78, 5) is 23.5. The normalized spacial score (nSPS) is 10.3. The summed E-state index contributed by atoms with van der Waals surface area (Å²) in [6.45, 7) is 2.83. The molecule has 2 rings (SSSR count). The molecule has 0 bridgehead atoms. The van der Waals surface area contributed by atoms with Gasteiger partial charge in [-0.15, -0.1) is 0 Å². The van der Waals surface area contributed by atoms with Gasteiger partial charge in [0.15, 0.2) is 0 Å². The maximum Gasteiger partial charge on any atom is 0.337 e. The number of unbranched alkanes of at least 4 members (excludes halogenated alkanes) is 3. The quantitative estimate of drug-likeness (QED) is 0.654. The molecule has 0 fully saturated rings. The number of carbonyl (C=O) groups is 2. The van der Waals surface area contributed by atoms with E-state index < -0.39 is 5.97 Å². The predicted molar refractivity (Wildman–Crippen MR) is 97.4 cm³/mol. The van der Waals surface area contributed by atoms with Gasteiger partial charge in [0, 0.05) is 5.56 Å². The number of ether oxygens (including phenoxy) is 1. The molecule has 0 aliphatic rings. The number of rotatable bonds is 9. The minimum atomic E-state index is -1.08. The minimum absolute atomic E-state index is 0.0582. The van der Waals surface area contributed by atoms with E-state index in [0.29, 0.717) is 12.2 Å². The molecular formula is C20H23NO4. The SMILES string of the molecule is CCCCCCOc1ccc(C(=O)Nc2ccccc2C(=O)O)cc1. The summed E-state index contributed by atoms with van der Waals surface area (Å²) in [5, 5.41) is 11.8. The zero-order valence-electron chi connectivity index (χ0n) is 14.3. The fraction of sp³-hybridized carbons (Fsp3) is 0.300. The number of anilines is 1. The van der Waals surface area contributed by atoms with Crippen LogP contribution < -0.4 is 10.1 Å². The second-order valence-electron chi connectivity index (χ2n) is 5.74. The molecule has 0 aliphatic carbocycles. The maximum absolute atomic E-state index is 12.3. The van der Waals surface area contributed by atoms with E-state index in [9.17, 15) is 9.59 Å². The molecule has 0 unspecified atom stereocenters. The van der Waals surface area contributed by atoms with Crippen molar-refractivity contribution in [3.8, 4) is 5.75 Å². The molecule has 5 heteroatoms. The van der Waals surface area contributed by atoms with Crippen molar-refractivity contribution in [3.05, 3.63) is 59.7 Å². The van der Waals surface area contributed by atoms with Gasteiger partial charge in [0.05, 0.1) is 17.9 Å². The zero-order valence-corrected chi connectivity index (χ0v) is 14.3. The van der Waals surface area contributed by atoms with Crippen LogP contribution >= 0.6 is 0 Å². The second kappa shape index (κ2) is 9.47. The fourth-order valence-corrected chi connectivity index (χ4v) is 2.39. The number of carboxylic acid groups (broad SMARTS) is 1. The molecule has 0 radical (unpaired) electrons. The van der Waals surface area contributed by atoms with Gasteiger partial charge in [-0.3, -0.25) is 4.79 Å². The first-order valence-corrected chi connectivity index (χ1v) is 8.48. The Hall–Kier alpha value is -2.82. The molecule has 0 saturated carbocycles. The number of para-hydroxylation sites is 1. The Morgan fingerprint density at radius 2 is 1.72 bits per heavy atom. The van der Waals surface area contributed by atoms with Crippen LogP contribution in [-0.2, 0) is 0 Å². The first-order valence-electron chi connectivity index (χ1n) is 8.48. The van der Waals surface area contributed by atoms with Crippen molar-refractivity contribution in [2.24, 2.45) is 0 Å². The molecule has 0 saturated heterocycles. The van der Waals surface area contributed by atoms with Crippen LogP contribution in [0.15, 0.2) is 48.5 Å². The topological polar surface area (TPSA) is 75.6 Å². The van der Waals surface area contributed by atoms with Gasteiger partial charge in [-0.2, -0.15) is 0 Å². The average molecular weight is 341 g/mol. The third-order valence-electron chi connectivity index (χ3n) is 3.79. The number of carbonyl (C=O) groups excluding carboxylic acids is 1. The van der Waals surface area contributed by atoms with E-state index in [0.717, 1.165) is 18.6 Å². The van der Waals surface area contributed by atoms with E-state index in [1.165, 1.54) is 18.9 Å². The molecule has 2 aromatic carbocycles. The Bertz CT molecular complexity index is 710. The number of amides is 1. The monoisotopic (exact) mass is 341 g/mol. The summed E-state index contributed by atoms with van der Waals surface area (Å²) in [6, 6.07) is 13.1. The highest BCUT2D eigenvalue weighted by atomic mass is 16.5. The van der Waals surface area contributed by atoms with Gasteiger partial charge in [0.2, 0.25) is 0 Å². The van der Waals surface area contributed by atoms with E-state index in [4.69, 9.17) is 9.84 Å². The van der Waals surface area contributed by atoms with Gasteiger partial charge >= 0.3 is 5.97 Å². The van der Waals surface area contributed by atoms with E-state index in [1.54, 1.807) is 42.5 Å². The van der Waals surface area contributed by atoms with Crippen LogP contribution in [0, 0.1) is 0 Å². The largest absolute Gasteiger partial charge is 0.494 e. The second-order valence-corrected chi connectivity index (χ2v) is 5.74. The lowest BCUT2D eigenvalue weighted by molar-refractivity contribution is 0.0698. The van der Waals surface area contributed by atoms with Crippen molar-refractivity contribution in [3.63, 3.8) is 0 Å². The molecule has 0 atom stereocenters. The van der Waals surface area contributed by atoms with Crippen LogP contribution in [-0.4, -0.2) is 23.6 Å². The summed E-state index contributed by atoms with van der Waals surface area (Å²) in [6.07, 6.45) is 4.57. The van der Waals surface area contributed by atoms with Crippen LogP contribution in [0.2, 0.25) is 0 Å². The summed E-state index contributed by atoms with van der Waals surface area (Å²) in [5.41, 5.74) is 0.776. The Morgan fingerprint density at radius 1 is 1.00 bits per heavy atom. The third kappa shape index (κ3) is 5.64. The smallest absolute Gasteiger partial charge is 0.337 e. The Balaban J connectivity index is 1.93. The van der Waals surface area contributed by atoms with E-state index in [-0.39, 0.29) is 17.2 Å². The molecule has 2 N–H and O–H groups in total. The van der Waals surface area contributed by atoms with Gasteiger partial charge < -0.3 is 15.2 Å². The lowest BCUT2D eigenvalue weighted by atomic mass is 10.1. The molecule has 5 nitrogen and oxygen atoms in total. The lowest BCUT2D eigenvalue weighted by Gasteiger charge is -2.09. The molecular weight excluding hydrogens is 318 g/mol. The van der Waals surface area contributed by atoms with Crippen LogP contribution in [0.5, 0.6) is 5.75 Å². The molecule has 25 heavy (non-hydrogen) atoms. The zero-order chi connectivity index (χ0) is 18.1. The first-order chi connectivity index (χ1) is 12.1. The third-order valence-corrected chi connectivity index (χ3v) is 3.79. The van der Waals surface area contributed by atoms with Gasteiger partial charge in [-0.1, -0.05) is 38.3 Å². The van der Waals surface area contributed by atoms with Crippen LogP contribution in [0.1, 0.15) is 53.3 Å². The highest BCUT2D eigenvalue weighted by molar-refractivity contribution is 6.07. The summed E-state index contributed by atoms with van der Waals surface area (Å²) < 4.78 is 5.65. The Morgan fingerprint density at radius 3 is 2.40 bits per heavy atom. The number of aromatic carboxylic acids is 1. The Labute approximate surface area is 147 Å². The maximum atomic E-state index is 12.3. The molecule has 0 heterocycles. The molecule has 0 aromatic heterocycles. The standard InChI is InChI=1S/C20H23NO4/c1-2-3-4-7-14-25-16-12-10-15(11-13-16)19(22)21-18-9-6-5-8-17(18)20(23)24/h5-6,8-13H,2-4,7,14H2,1H3,(H,21,22)(H,23,24). The van der Waals surface area contributed by atoms with E-state index >= 15 is 0 Å². The van der Waals surface area contributed by atoms with Crippen molar-refractivity contribution in [1.82, 2.24) is 0 Å². The van der Waals surface area contributed by atoms with Gasteiger partial charge in [-0.25, -0.2) is 4.79 Å². The molecule has 0 aliphatic heterocycles. The number of hydrogen-bond donors (Lipinski definition) is 2. The highest BCUT2D eigenvalue weighted by Gasteiger charge is 2.13. The van der Waals surface area contributed by atoms with Gasteiger partial charge in [0.1, 0.15) is 5.75 Å². The van der Waals surface area contributed by atoms with Crippen molar-refractivity contribution in [2.75, 3.05) is 11.9 Å². The van der Waals surface area contributed by atoms with E-state index in [2.05, 4.69) is 12.2 Å². The fourth-order valence-electron chi connectivity index (χ4n) is 2.39. The lowest BCUT2D eigenvalue weighted by Crippen LogP contribution is -2.14. The van der Waals surface area contributed by atoms with Crippen LogP contribution in [0.4, 0.5) is 5.69 Å². The summed E-state index contributed by atoms with van der Waals surface area (Å²) in [5.74, 6) is -0.718. The Kier molecular flexibility index (Phi) is 7.01. The van der Waals surface area contributed by atoms with Crippen LogP contribution in [0.3, 0.4) is 0 Å². The van der Waals surface area contributed by atoms with E-state index in [1.807, 2.05) is 0 Å². The number of benzene rings is 2. The first kappa shape index (κ1) is 18.5. The predicted octanol–water partition coefficient (Wildman–Crippen LogP) is 4.60. The number of nitrogens with one attached hydrogen (secondary N) is 1. The number of hydrogen-bond acceptors (Lipinski definition) is 3. The molecule has 1 amide bonds. The van der Waals surface area contributed by atoms with Crippen molar-refractivity contribution >= 4 is 17.6 Å². The van der Waals surface area contributed by atoms with Crippen molar-refractivity contribution in [2.45, 2.75) is 32.6 Å². The minimum Gasteiger partial charge on any atom is -0.494 e. The molecule has 0 spiro atoms. The summed E-state index contributed by atoms with van der Waals surface area (Å²) >= 11 is 0. The average Bonchev–Trinajstić information content (AvgIpc) is 2.62. The van der Waals surface area contributed by atoms with Gasteiger partial charge in [0.25, 0.3) is 5.91 Å². The molecule has 132 valence electrons. The summed E-state index contributed by atoms with van der Waals surface area (Å²) in [7, 11) is 0. The number of carboxylic acids is 1. The van der Waals surface area contributed by atoms with Gasteiger partial charge in [-0.05, 0) is 42.8 Å². The van der Waals surface area contributed by atoms with Crippen LogP contribution in [0.25, 0.3) is 0 Å². The molecule has 2 aromatic rings. The highest BCUT2D eigenvalue weighted by Crippen LogP contribution is 2.18. The van der Waals surface area contributed by atoms with Crippen molar-refractivity contribution < 1.29 is 19.4 Å². The van der Waals surface area contributed by atoms with Crippen molar-refractivity contribution in [1.29, 1.82) is 0 Å².